The predicted octanol–water partition coefficient (Wildman–Crippen LogP) is 1.40. The van der Waals surface area contributed by atoms with Crippen LogP contribution in [0, 0.1) is 13.8 Å². The Labute approximate surface area is 78.4 Å². The summed E-state index contributed by atoms with van der Waals surface area (Å²) in [5.74, 6) is -0.0406. The number of aromatic nitrogens is 1. The van der Waals surface area contributed by atoms with Gasteiger partial charge in [-0.05, 0) is 31.0 Å². The Morgan fingerprint density at radius 2 is 2.00 bits per heavy atom. The number of amides is 1. The van der Waals surface area contributed by atoms with Crippen LogP contribution in [0.3, 0.4) is 0 Å². The van der Waals surface area contributed by atoms with Crippen molar-refractivity contribution in [2.24, 2.45) is 0 Å². The first-order chi connectivity index (χ1) is 6.04. The molecule has 13 heavy (non-hydrogen) atoms. The van der Waals surface area contributed by atoms with Crippen molar-refractivity contribution >= 4 is 5.91 Å². The highest BCUT2D eigenvalue weighted by Gasteiger charge is 2.12. The van der Waals surface area contributed by atoms with Crippen molar-refractivity contribution in [3.05, 3.63) is 29.1 Å². The molecule has 1 aromatic heterocycles. The van der Waals surface area contributed by atoms with Gasteiger partial charge in [0.2, 0.25) is 0 Å². The van der Waals surface area contributed by atoms with Crippen LogP contribution < -0.4 is 0 Å². The molecule has 0 bridgehead atoms. The van der Waals surface area contributed by atoms with Gasteiger partial charge in [0.15, 0.2) is 0 Å². The zero-order valence-corrected chi connectivity index (χ0v) is 8.46. The second kappa shape index (κ2) is 3.56. The third kappa shape index (κ3) is 1.86. The standard InChI is InChI=1S/C10H14N2O/c1-7-5-6-11-9(8(7)2)10(13)12(3)4/h5-6H,1-4H3. The molecule has 0 unspecified atom stereocenters. The summed E-state index contributed by atoms with van der Waals surface area (Å²) in [6, 6.07) is 1.90. The van der Waals surface area contributed by atoms with Crippen LogP contribution in [-0.2, 0) is 0 Å². The molecule has 0 radical (unpaired) electrons. The Bertz CT molecular complexity index is 332. The summed E-state index contributed by atoms with van der Waals surface area (Å²) in [5.41, 5.74) is 2.60. The zero-order valence-electron chi connectivity index (χ0n) is 8.46. The second-order valence-corrected chi connectivity index (χ2v) is 3.30. The smallest absolute Gasteiger partial charge is 0.272 e. The third-order valence-electron chi connectivity index (χ3n) is 2.08. The van der Waals surface area contributed by atoms with Gasteiger partial charge in [0.1, 0.15) is 5.69 Å². The molecule has 1 rings (SSSR count). The van der Waals surface area contributed by atoms with Gasteiger partial charge in [0, 0.05) is 20.3 Å². The molecular formula is C10H14N2O. The van der Waals surface area contributed by atoms with Gasteiger partial charge < -0.3 is 4.90 Å². The molecule has 0 aliphatic heterocycles. The number of pyridine rings is 1. The number of nitrogens with zero attached hydrogens (tertiary/aromatic N) is 2. The van der Waals surface area contributed by atoms with Gasteiger partial charge in [-0.1, -0.05) is 0 Å². The lowest BCUT2D eigenvalue weighted by molar-refractivity contribution is 0.0821. The lowest BCUT2D eigenvalue weighted by atomic mass is 10.1. The summed E-state index contributed by atoms with van der Waals surface area (Å²) in [7, 11) is 3.46. The molecule has 1 aromatic rings. The average Bonchev–Trinajstić information content (AvgIpc) is 2.08. The van der Waals surface area contributed by atoms with Gasteiger partial charge in [0.05, 0.1) is 0 Å². The third-order valence-corrected chi connectivity index (χ3v) is 2.08. The molecule has 0 fully saturated rings. The lowest BCUT2D eigenvalue weighted by Crippen LogP contribution is -2.23. The maximum absolute atomic E-state index is 11.6. The Balaban J connectivity index is 3.15. The fourth-order valence-electron chi connectivity index (χ4n) is 1.06. The molecular weight excluding hydrogens is 164 g/mol. The Morgan fingerprint density at radius 3 is 2.54 bits per heavy atom. The topological polar surface area (TPSA) is 33.2 Å². The van der Waals surface area contributed by atoms with E-state index < -0.39 is 0 Å². The van der Waals surface area contributed by atoms with E-state index in [9.17, 15) is 4.79 Å². The first-order valence-corrected chi connectivity index (χ1v) is 4.18. The van der Waals surface area contributed by atoms with E-state index in [4.69, 9.17) is 0 Å². The molecule has 1 amide bonds. The second-order valence-electron chi connectivity index (χ2n) is 3.30. The molecule has 3 heteroatoms. The molecule has 0 aromatic carbocycles. The SMILES string of the molecule is Cc1ccnc(C(=O)N(C)C)c1C. The first-order valence-electron chi connectivity index (χ1n) is 4.18. The minimum Gasteiger partial charge on any atom is -0.343 e. The van der Waals surface area contributed by atoms with Gasteiger partial charge in [-0.25, -0.2) is 0 Å². The van der Waals surface area contributed by atoms with Crippen LogP contribution in [0.2, 0.25) is 0 Å². The van der Waals surface area contributed by atoms with Crippen molar-refractivity contribution in [1.29, 1.82) is 0 Å². The minimum absolute atomic E-state index is 0.0406. The quantitative estimate of drug-likeness (QED) is 0.651. The van der Waals surface area contributed by atoms with E-state index in [1.54, 1.807) is 20.3 Å². The zero-order chi connectivity index (χ0) is 10.0. The van der Waals surface area contributed by atoms with E-state index in [-0.39, 0.29) is 5.91 Å². The first kappa shape index (κ1) is 9.71. The van der Waals surface area contributed by atoms with E-state index in [0.29, 0.717) is 5.69 Å². The van der Waals surface area contributed by atoms with Crippen molar-refractivity contribution < 1.29 is 4.79 Å². The fraction of sp³-hybridized carbons (Fsp3) is 0.400. The summed E-state index contributed by atoms with van der Waals surface area (Å²) in [5, 5.41) is 0. The normalized spacial score (nSPS) is 9.85. The Kier molecular flexibility index (Phi) is 2.66. The highest BCUT2D eigenvalue weighted by molar-refractivity contribution is 5.93. The van der Waals surface area contributed by atoms with Crippen LogP contribution in [0.1, 0.15) is 21.6 Å². The van der Waals surface area contributed by atoms with Crippen molar-refractivity contribution in [1.82, 2.24) is 9.88 Å². The van der Waals surface area contributed by atoms with Gasteiger partial charge in [-0.3, -0.25) is 9.78 Å². The van der Waals surface area contributed by atoms with Gasteiger partial charge in [-0.2, -0.15) is 0 Å². The van der Waals surface area contributed by atoms with Crippen molar-refractivity contribution in [3.8, 4) is 0 Å². The van der Waals surface area contributed by atoms with Crippen molar-refractivity contribution in [2.45, 2.75) is 13.8 Å². The highest BCUT2D eigenvalue weighted by atomic mass is 16.2. The van der Waals surface area contributed by atoms with E-state index in [1.165, 1.54) is 4.90 Å². The molecule has 0 saturated heterocycles. The molecule has 0 atom stereocenters. The lowest BCUT2D eigenvalue weighted by Gasteiger charge is -2.12. The van der Waals surface area contributed by atoms with E-state index in [2.05, 4.69) is 4.98 Å². The highest BCUT2D eigenvalue weighted by Crippen LogP contribution is 2.10. The number of carbonyl (C=O) groups is 1. The summed E-state index contributed by atoms with van der Waals surface area (Å²) >= 11 is 0. The van der Waals surface area contributed by atoms with Crippen LogP contribution in [0.4, 0.5) is 0 Å². The molecule has 1 heterocycles. The van der Waals surface area contributed by atoms with E-state index >= 15 is 0 Å². The molecule has 0 spiro atoms. The number of hydrogen-bond acceptors (Lipinski definition) is 2. The molecule has 0 N–H and O–H groups in total. The monoisotopic (exact) mass is 178 g/mol. The van der Waals surface area contributed by atoms with Crippen LogP contribution in [-0.4, -0.2) is 29.9 Å². The van der Waals surface area contributed by atoms with Crippen LogP contribution in [0.25, 0.3) is 0 Å². The summed E-state index contributed by atoms with van der Waals surface area (Å²) in [6.45, 7) is 3.89. The fourth-order valence-corrected chi connectivity index (χ4v) is 1.06. The average molecular weight is 178 g/mol. The predicted molar refractivity (Wildman–Crippen MR) is 51.7 cm³/mol. The Hall–Kier alpha value is -1.38. The molecule has 70 valence electrons. The van der Waals surface area contributed by atoms with Gasteiger partial charge in [0.25, 0.3) is 5.91 Å². The number of aryl methyl sites for hydroxylation is 1. The number of hydrogen-bond donors (Lipinski definition) is 0. The van der Waals surface area contributed by atoms with E-state index in [1.807, 2.05) is 19.9 Å². The van der Waals surface area contributed by atoms with Crippen LogP contribution in [0.15, 0.2) is 12.3 Å². The van der Waals surface area contributed by atoms with Gasteiger partial charge in [-0.15, -0.1) is 0 Å². The summed E-state index contributed by atoms with van der Waals surface area (Å²) < 4.78 is 0. The summed E-state index contributed by atoms with van der Waals surface area (Å²) in [4.78, 5) is 17.2. The summed E-state index contributed by atoms with van der Waals surface area (Å²) in [6.07, 6.45) is 1.67. The molecule has 0 saturated carbocycles. The number of carbonyl (C=O) groups excluding carboxylic acids is 1. The van der Waals surface area contributed by atoms with Crippen molar-refractivity contribution in [3.63, 3.8) is 0 Å². The van der Waals surface area contributed by atoms with Gasteiger partial charge >= 0.3 is 0 Å². The van der Waals surface area contributed by atoms with Crippen LogP contribution in [0.5, 0.6) is 0 Å². The maximum Gasteiger partial charge on any atom is 0.272 e. The van der Waals surface area contributed by atoms with Crippen molar-refractivity contribution in [2.75, 3.05) is 14.1 Å². The van der Waals surface area contributed by atoms with E-state index in [0.717, 1.165) is 11.1 Å². The molecule has 3 nitrogen and oxygen atoms in total. The van der Waals surface area contributed by atoms with Crippen LogP contribution >= 0.6 is 0 Å². The molecule has 0 aliphatic rings. The number of rotatable bonds is 1. The Morgan fingerprint density at radius 1 is 1.38 bits per heavy atom. The minimum atomic E-state index is -0.0406. The molecule has 0 aliphatic carbocycles. The maximum atomic E-state index is 11.6. The largest absolute Gasteiger partial charge is 0.343 e.